The number of likely N-dealkylation sites (tertiary alicyclic amines) is 1. The molecule has 0 saturated carbocycles. The molecule has 2 atom stereocenters. The van der Waals surface area contributed by atoms with Gasteiger partial charge in [0.15, 0.2) is 0 Å². The molecule has 2 unspecified atom stereocenters. The molecule has 0 radical (unpaired) electrons. The molecule has 1 fully saturated rings. The summed E-state index contributed by atoms with van der Waals surface area (Å²) >= 11 is 0. The lowest BCUT2D eigenvalue weighted by atomic mass is 10.0. The molecule has 1 aromatic rings. The van der Waals surface area contributed by atoms with E-state index in [0.717, 1.165) is 11.3 Å². The molecule has 4 nitrogen and oxygen atoms in total. The zero-order valence-electron chi connectivity index (χ0n) is 10.9. The average molecular weight is 248 g/mol. The van der Waals surface area contributed by atoms with Crippen molar-refractivity contribution in [2.45, 2.75) is 32.4 Å². The molecule has 1 amide bonds. The van der Waals surface area contributed by atoms with E-state index in [1.807, 2.05) is 43.0 Å². The van der Waals surface area contributed by atoms with E-state index in [-0.39, 0.29) is 18.0 Å². The van der Waals surface area contributed by atoms with Crippen LogP contribution in [0.15, 0.2) is 24.3 Å². The fourth-order valence-corrected chi connectivity index (χ4v) is 2.54. The van der Waals surface area contributed by atoms with Gasteiger partial charge >= 0.3 is 0 Å². The molecule has 2 rings (SSSR count). The van der Waals surface area contributed by atoms with Gasteiger partial charge in [0.2, 0.25) is 5.91 Å². The molecule has 1 aliphatic rings. The first kappa shape index (κ1) is 12.9. The van der Waals surface area contributed by atoms with Crippen LogP contribution in [-0.2, 0) is 4.79 Å². The summed E-state index contributed by atoms with van der Waals surface area (Å²) in [4.78, 5) is 13.6. The normalized spacial score (nSPS) is 23.5. The van der Waals surface area contributed by atoms with Crippen LogP contribution < -0.4 is 10.5 Å². The second kappa shape index (κ2) is 5.40. The van der Waals surface area contributed by atoms with E-state index in [4.69, 9.17) is 10.5 Å². The largest absolute Gasteiger partial charge is 0.494 e. The lowest BCUT2D eigenvalue weighted by Gasteiger charge is -2.26. The van der Waals surface area contributed by atoms with E-state index >= 15 is 0 Å². The van der Waals surface area contributed by atoms with Crippen LogP contribution in [0.5, 0.6) is 5.75 Å². The van der Waals surface area contributed by atoms with Crippen molar-refractivity contribution in [1.82, 2.24) is 4.90 Å². The Morgan fingerprint density at radius 3 is 2.56 bits per heavy atom. The number of benzene rings is 1. The van der Waals surface area contributed by atoms with Crippen molar-refractivity contribution < 1.29 is 9.53 Å². The lowest BCUT2D eigenvalue weighted by Crippen LogP contribution is -2.32. The van der Waals surface area contributed by atoms with Gasteiger partial charge in [0, 0.05) is 19.0 Å². The molecule has 1 saturated heterocycles. The topological polar surface area (TPSA) is 55.6 Å². The molecule has 1 heterocycles. The molecule has 98 valence electrons. The van der Waals surface area contributed by atoms with E-state index in [9.17, 15) is 4.79 Å². The monoisotopic (exact) mass is 248 g/mol. The summed E-state index contributed by atoms with van der Waals surface area (Å²) in [7, 11) is 0. The van der Waals surface area contributed by atoms with Gasteiger partial charge in [-0.1, -0.05) is 12.1 Å². The van der Waals surface area contributed by atoms with E-state index in [1.54, 1.807) is 0 Å². The Labute approximate surface area is 108 Å². The van der Waals surface area contributed by atoms with Crippen molar-refractivity contribution in [1.29, 1.82) is 0 Å². The van der Waals surface area contributed by atoms with Gasteiger partial charge in [-0.05, 0) is 31.5 Å². The highest BCUT2D eigenvalue weighted by Gasteiger charge is 2.37. The highest BCUT2D eigenvalue weighted by atomic mass is 16.5. The highest BCUT2D eigenvalue weighted by Crippen LogP contribution is 2.32. The van der Waals surface area contributed by atoms with Crippen LogP contribution in [0.3, 0.4) is 0 Å². The van der Waals surface area contributed by atoms with E-state index in [2.05, 4.69) is 0 Å². The predicted molar refractivity (Wildman–Crippen MR) is 70.3 cm³/mol. The third kappa shape index (κ3) is 2.34. The van der Waals surface area contributed by atoms with Gasteiger partial charge in [0.25, 0.3) is 0 Å². The predicted octanol–water partition coefficient (Wildman–Crippen LogP) is 1.71. The SMILES string of the molecule is CCOc1ccc(C2C(N)CC(=O)N2CC)cc1. The third-order valence-corrected chi connectivity index (χ3v) is 3.35. The number of nitrogens with two attached hydrogens (primary N) is 1. The summed E-state index contributed by atoms with van der Waals surface area (Å²) in [6, 6.07) is 7.74. The van der Waals surface area contributed by atoms with Gasteiger partial charge in [0.1, 0.15) is 5.75 Å². The number of carbonyl (C=O) groups excluding carboxylic acids is 1. The minimum Gasteiger partial charge on any atom is -0.494 e. The first-order chi connectivity index (χ1) is 8.67. The molecule has 1 aliphatic heterocycles. The Kier molecular flexibility index (Phi) is 3.87. The van der Waals surface area contributed by atoms with Crippen molar-refractivity contribution in [2.75, 3.05) is 13.2 Å². The molecule has 0 aliphatic carbocycles. The maximum atomic E-state index is 11.8. The molecular weight excluding hydrogens is 228 g/mol. The molecule has 0 spiro atoms. The van der Waals surface area contributed by atoms with Crippen molar-refractivity contribution in [2.24, 2.45) is 5.73 Å². The Bertz CT molecular complexity index is 416. The Balaban J connectivity index is 2.21. The first-order valence-corrected chi connectivity index (χ1v) is 6.45. The second-order valence-corrected chi connectivity index (χ2v) is 4.49. The number of ether oxygens (including phenoxy) is 1. The first-order valence-electron chi connectivity index (χ1n) is 6.45. The Hall–Kier alpha value is -1.55. The summed E-state index contributed by atoms with van der Waals surface area (Å²) in [5, 5.41) is 0. The summed E-state index contributed by atoms with van der Waals surface area (Å²) < 4.78 is 5.41. The summed E-state index contributed by atoms with van der Waals surface area (Å²) in [5.41, 5.74) is 7.15. The molecule has 1 aromatic carbocycles. The number of hydrogen-bond acceptors (Lipinski definition) is 3. The standard InChI is InChI=1S/C14H20N2O2/c1-3-16-13(17)9-12(15)14(16)10-5-7-11(8-6-10)18-4-2/h5-8,12,14H,3-4,9,15H2,1-2H3. The smallest absolute Gasteiger partial charge is 0.224 e. The average Bonchev–Trinajstić information content (AvgIpc) is 2.65. The molecule has 4 heteroatoms. The molecule has 0 aromatic heterocycles. The number of nitrogens with zero attached hydrogens (tertiary/aromatic N) is 1. The number of amides is 1. The maximum absolute atomic E-state index is 11.8. The van der Waals surface area contributed by atoms with Crippen LogP contribution in [0, 0.1) is 0 Å². The van der Waals surface area contributed by atoms with E-state index < -0.39 is 0 Å². The quantitative estimate of drug-likeness (QED) is 0.882. The van der Waals surface area contributed by atoms with Crippen LogP contribution in [0.2, 0.25) is 0 Å². The van der Waals surface area contributed by atoms with Crippen molar-refractivity contribution >= 4 is 5.91 Å². The number of rotatable bonds is 4. The van der Waals surface area contributed by atoms with Crippen LogP contribution in [0.25, 0.3) is 0 Å². The summed E-state index contributed by atoms with van der Waals surface area (Å²) in [6.45, 7) is 5.29. The van der Waals surface area contributed by atoms with Crippen molar-refractivity contribution in [3.05, 3.63) is 29.8 Å². The van der Waals surface area contributed by atoms with Crippen LogP contribution >= 0.6 is 0 Å². The molecule has 18 heavy (non-hydrogen) atoms. The minimum atomic E-state index is -0.115. The van der Waals surface area contributed by atoms with Crippen LogP contribution in [0.1, 0.15) is 31.9 Å². The van der Waals surface area contributed by atoms with Gasteiger partial charge in [-0.2, -0.15) is 0 Å². The Morgan fingerprint density at radius 1 is 1.33 bits per heavy atom. The van der Waals surface area contributed by atoms with Crippen molar-refractivity contribution in [3.8, 4) is 5.75 Å². The number of hydrogen-bond donors (Lipinski definition) is 1. The number of carbonyl (C=O) groups is 1. The van der Waals surface area contributed by atoms with Crippen LogP contribution in [-0.4, -0.2) is 30.0 Å². The lowest BCUT2D eigenvalue weighted by molar-refractivity contribution is -0.128. The van der Waals surface area contributed by atoms with Gasteiger partial charge in [-0.15, -0.1) is 0 Å². The molecule has 0 bridgehead atoms. The third-order valence-electron chi connectivity index (χ3n) is 3.35. The fourth-order valence-electron chi connectivity index (χ4n) is 2.54. The van der Waals surface area contributed by atoms with Gasteiger partial charge < -0.3 is 15.4 Å². The maximum Gasteiger partial charge on any atom is 0.224 e. The zero-order chi connectivity index (χ0) is 13.1. The summed E-state index contributed by atoms with van der Waals surface area (Å²) in [5.74, 6) is 0.992. The summed E-state index contributed by atoms with van der Waals surface area (Å²) in [6.07, 6.45) is 0.436. The molecular formula is C14H20N2O2. The van der Waals surface area contributed by atoms with Crippen LogP contribution in [0.4, 0.5) is 0 Å². The molecule has 2 N–H and O–H groups in total. The second-order valence-electron chi connectivity index (χ2n) is 4.49. The highest BCUT2D eigenvalue weighted by molar-refractivity contribution is 5.80. The van der Waals surface area contributed by atoms with Crippen molar-refractivity contribution in [3.63, 3.8) is 0 Å². The fraction of sp³-hybridized carbons (Fsp3) is 0.500. The Morgan fingerprint density at radius 2 is 2.00 bits per heavy atom. The van der Waals surface area contributed by atoms with E-state index in [0.29, 0.717) is 19.6 Å². The van der Waals surface area contributed by atoms with Gasteiger partial charge in [0.05, 0.1) is 12.6 Å². The number of likely N-dealkylation sites (N-methyl/N-ethyl adjacent to an activating group) is 1. The minimum absolute atomic E-state index is 0.00169. The van der Waals surface area contributed by atoms with Gasteiger partial charge in [-0.3, -0.25) is 4.79 Å². The zero-order valence-corrected chi connectivity index (χ0v) is 10.9. The van der Waals surface area contributed by atoms with E-state index in [1.165, 1.54) is 0 Å². The van der Waals surface area contributed by atoms with Gasteiger partial charge in [-0.25, -0.2) is 0 Å².